The van der Waals surface area contributed by atoms with Crippen LogP contribution in [-0.4, -0.2) is 51.5 Å². The summed E-state index contributed by atoms with van der Waals surface area (Å²) >= 11 is 0. The third-order valence-electron chi connectivity index (χ3n) is 9.04. The van der Waals surface area contributed by atoms with Gasteiger partial charge in [-0.25, -0.2) is 4.57 Å². The van der Waals surface area contributed by atoms with Gasteiger partial charge in [-0.05, 0) is 77.3 Å². The summed E-state index contributed by atoms with van der Waals surface area (Å²) in [5.74, 6) is -1.09. The molecule has 0 rings (SSSR count). The summed E-state index contributed by atoms with van der Waals surface area (Å²) in [7, 11) is -4.73. The van der Waals surface area contributed by atoms with Crippen molar-refractivity contribution in [3.05, 3.63) is 24.3 Å². The molecule has 0 aliphatic carbocycles. The molecular formula is C39H76NO6P. The minimum atomic E-state index is -4.73. The molecule has 7 nitrogen and oxygen atoms in total. The van der Waals surface area contributed by atoms with Crippen LogP contribution in [0.3, 0.4) is 0 Å². The van der Waals surface area contributed by atoms with Crippen LogP contribution < -0.4 is 0 Å². The maximum absolute atomic E-state index is 12.0. The van der Waals surface area contributed by atoms with Crippen LogP contribution in [0, 0.1) is 0 Å². The molecule has 0 spiro atoms. The number of rotatable bonds is 37. The molecule has 1 atom stereocenters. The number of unbranched alkanes of at least 4 members (excludes halogenated alkanes) is 24. The average molecular weight is 686 g/mol. The van der Waals surface area contributed by atoms with Crippen molar-refractivity contribution < 1.29 is 28.8 Å². The molecule has 0 saturated carbocycles. The number of aliphatic carboxylic acids is 1. The Hall–Kier alpha value is -0.980. The Kier molecular flexibility index (Phi) is 34.1. The van der Waals surface area contributed by atoms with Gasteiger partial charge in [0.2, 0.25) is 0 Å². The summed E-state index contributed by atoms with van der Waals surface area (Å²) in [6, 6.07) is -1.05. The molecule has 0 amide bonds. The first-order valence-electron chi connectivity index (χ1n) is 19.8. The van der Waals surface area contributed by atoms with E-state index in [2.05, 4.69) is 42.7 Å². The molecule has 0 saturated heterocycles. The first-order chi connectivity index (χ1) is 22.8. The standard InChI is InChI=1S/C39H76NO6P/c1-3-5-7-9-11-13-15-17-19-21-23-25-27-29-31-33-35-40(38(39(41)42)37-46-47(43,44)45)36-34-32-30-28-26-24-22-20-18-16-14-12-10-8-6-4-2/h17-20,38H,3-16,21-37H2,1-2H3,(H,41,42)(H2,43,44,45)/b19-17-,20-18-/t38-/m0/s1. The topological polar surface area (TPSA) is 107 Å². The van der Waals surface area contributed by atoms with Gasteiger partial charge in [-0.3, -0.25) is 14.2 Å². The fraction of sp³-hybridized carbons (Fsp3) is 0.872. The Bertz CT molecular complexity index is 741. The highest BCUT2D eigenvalue weighted by molar-refractivity contribution is 7.46. The van der Waals surface area contributed by atoms with Crippen molar-refractivity contribution in [2.75, 3.05) is 19.7 Å². The smallest absolute Gasteiger partial charge is 0.469 e. The van der Waals surface area contributed by atoms with E-state index in [0.29, 0.717) is 13.1 Å². The normalized spacial score (nSPS) is 13.0. The minimum Gasteiger partial charge on any atom is -0.480 e. The summed E-state index contributed by atoms with van der Waals surface area (Å²) in [6.45, 7) is 5.22. The van der Waals surface area contributed by atoms with Gasteiger partial charge in [-0.1, -0.05) is 154 Å². The number of phosphoric ester groups is 1. The average Bonchev–Trinajstić information content (AvgIpc) is 3.03. The van der Waals surface area contributed by atoms with Crippen LogP contribution in [-0.2, 0) is 13.9 Å². The number of hydrogen-bond acceptors (Lipinski definition) is 4. The summed E-state index contributed by atoms with van der Waals surface area (Å²) < 4.78 is 15.9. The molecule has 0 fully saturated rings. The largest absolute Gasteiger partial charge is 0.480 e. The molecule has 0 aliphatic rings. The van der Waals surface area contributed by atoms with Crippen molar-refractivity contribution in [2.24, 2.45) is 0 Å². The van der Waals surface area contributed by atoms with Gasteiger partial charge in [0.25, 0.3) is 0 Å². The number of carbonyl (C=O) groups is 1. The van der Waals surface area contributed by atoms with E-state index >= 15 is 0 Å². The molecule has 0 aromatic carbocycles. The molecule has 47 heavy (non-hydrogen) atoms. The van der Waals surface area contributed by atoms with Gasteiger partial charge in [-0.15, -0.1) is 0 Å². The highest BCUT2D eigenvalue weighted by Crippen LogP contribution is 2.36. The molecule has 278 valence electrons. The molecule has 0 aromatic heterocycles. The lowest BCUT2D eigenvalue weighted by Gasteiger charge is -2.28. The SMILES string of the molecule is CCCCCCCC/C=C\CCCCCCCCN(CCCCCCCC/C=C\CCCCCCCC)[C@@H](COP(=O)(O)O)C(=O)O. The molecule has 0 radical (unpaired) electrons. The second-order valence-corrected chi connectivity index (χ2v) is 14.8. The van der Waals surface area contributed by atoms with Crippen LogP contribution in [0.5, 0.6) is 0 Å². The quantitative estimate of drug-likeness (QED) is 0.0339. The van der Waals surface area contributed by atoms with E-state index in [1.807, 2.05) is 4.90 Å². The zero-order valence-corrected chi connectivity index (χ0v) is 31.7. The van der Waals surface area contributed by atoms with E-state index in [1.165, 1.54) is 128 Å². The number of hydrogen-bond donors (Lipinski definition) is 3. The zero-order chi connectivity index (χ0) is 34.7. The van der Waals surface area contributed by atoms with E-state index in [9.17, 15) is 14.5 Å². The number of carboxylic acid groups (broad SMARTS) is 1. The van der Waals surface area contributed by atoms with E-state index in [4.69, 9.17) is 9.79 Å². The highest BCUT2D eigenvalue weighted by Gasteiger charge is 2.28. The number of nitrogens with zero attached hydrogens (tertiary/aromatic N) is 1. The Morgan fingerprint density at radius 1 is 0.553 bits per heavy atom. The third-order valence-corrected chi connectivity index (χ3v) is 9.53. The van der Waals surface area contributed by atoms with Crippen LogP contribution in [0.1, 0.15) is 194 Å². The first-order valence-corrected chi connectivity index (χ1v) is 21.3. The lowest BCUT2D eigenvalue weighted by atomic mass is 10.1. The van der Waals surface area contributed by atoms with Crippen LogP contribution in [0.15, 0.2) is 24.3 Å². The highest BCUT2D eigenvalue weighted by atomic mass is 31.2. The first kappa shape index (κ1) is 46.0. The van der Waals surface area contributed by atoms with Crippen LogP contribution in [0.2, 0.25) is 0 Å². The van der Waals surface area contributed by atoms with Crippen molar-refractivity contribution >= 4 is 13.8 Å². The lowest BCUT2D eigenvalue weighted by Crippen LogP contribution is -2.45. The van der Waals surface area contributed by atoms with E-state index in [1.54, 1.807) is 0 Å². The predicted molar refractivity (Wildman–Crippen MR) is 200 cm³/mol. The lowest BCUT2D eigenvalue weighted by molar-refractivity contribution is -0.144. The second kappa shape index (κ2) is 34.9. The van der Waals surface area contributed by atoms with E-state index in [0.717, 1.165) is 51.4 Å². The summed E-state index contributed by atoms with van der Waals surface area (Å²) in [5.41, 5.74) is 0. The predicted octanol–water partition coefficient (Wildman–Crippen LogP) is 11.9. The van der Waals surface area contributed by atoms with Crippen LogP contribution >= 0.6 is 7.82 Å². The summed E-state index contributed by atoms with van der Waals surface area (Å²) in [6.07, 6.45) is 43.5. The second-order valence-electron chi connectivity index (χ2n) is 13.6. The maximum atomic E-state index is 12.0. The Morgan fingerprint density at radius 2 is 0.851 bits per heavy atom. The van der Waals surface area contributed by atoms with Gasteiger partial charge in [-0.2, -0.15) is 0 Å². The van der Waals surface area contributed by atoms with E-state index in [-0.39, 0.29) is 0 Å². The Morgan fingerprint density at radius 3 is 1.15 bits per heavy atom. The molecule has 0 bridgehead atoms. The van der Waals surface area contributed by atoms with E-state index < -0.39 is 26.4 Å². The van der Waals surface area contributed by atoms with Gasteiger partial charge in [0, 0.05) is 0 Å². The monoisotopic (exact) mass is 686 g/mol. The Labute approximate surface area is 290 Å². The van der Waals surface area contributed by atoms with Crippen molar-refractivity contribution in [3.8, 4) is 0 Å². The van der Waals surface area contributed by atoms with Crippen molar-refractivity contribution in [1.29, 1.82) is 0 Å². The van der Waals surface area contributed by atoms with Gasteiger partial charge >= 0.3 is 13.8 Å². The molecule has 0 aliphatic heterocycles. The van der Waals surface area contributed by atoms with Gasteiger partial charge in [0.05, 0.1) is 6.61 Å². The fourth-order valence-corrected chi connectivity index (χ4v) is 6.38. The van der Waals surface area contributed by atoms with Crippen molar-refractivity contribution in [1.82, 2.24) is 4.90 Å². The maximum Gasteiger partial charge on any atom is 0.469 e. The van der Waals surface area contributed by atoms with Crippen molar-refractivity contribution in [3.63, 3.8) is 0 Å². The summed E-state index contributed by atoms with van der Waals surface area (Å²) in [5, 5.41) is 9.82. The molecule has 8 heteroatoms. The number of phosphoric acid groups is 1. The zero-order valence-electron chi connectivity index (χ0n) is 30.8. The van der Waals surface area contributed by atoms with Gasteiger partial charge < -0.3 is 14.9 Å². The van der Waals surface area contributed by atoms with Crippen molar-refractivity contribution in [2.45, 2.75) is 200 Å². The molecule has 0 heterocycles. The van der Waals surface area contributed by atoms with Crippen LogP contribution in [0.4, 0.5) is 0 Å². The molecule has 0 aromatic rings. The molecule has 3 N–H and O–H groups in total. The number of carboxylic acids is 1. The molecule has 0 unspecified atom stereocenters. The number of allylic oxidation sites excluding steroid dienone is 4. The Balaban J connectivity index is 4.18. The summed E-state index contributed by atoms with van der Waals surface area (Å²) in [4.78, 5) is 32.2. The molecular weight excluding hydrogens is 609 g/mol. The fourth-order valence-electron chi connectivity index (χ4n) is 6.05. The van der Waals surface area contributed by atoms with Gasteiger partial charge in [0.15, 0.2) is 0 Å². The third kappa shape index (κ3) is 34.7. The minimum absolute atomic E-state index is 0.502. The van der Waals surface area contributed by atoms with Crippen LogP contribution in [0.25, 0.3) is 0 Å². The van der Waals surface area contributed by atoms with Gasteiger partial charge in [0.1, 0.15) is 6.04 Å².